The fraction of sp³-hybridized carbons (Fsp3) is 0.412. The number of allylic oxidation sites excluding steroid dienone is 1. The molecule has 7 heteroatoms. The Balaban J connectivity index is 1.68. The molecule has 1 aromatic carbocycles. The molecule has 2 N–H and O–H groups in total. The summed E-state index contributed by atoms with van der Waals surface area (Å²) in [5.41, 5.74) is 0.476. The lowest BCUT2D eigenvalue weighted by atomic mass is 10.1. The summed E-state index contributed by atoms with van der Waals surface area (Å²) in [7, 11) is 0. The average Bonchev–Trinajstić information content (AvgIpc) is 3.04. The molecule has 130 valence electrons. The van der Waals surface area contributed by atoms with E-state index in [1.165, 1.54) is 0 Å². The number of hydrogen-bond donors (Lipinski definition) is 2. The summed E-state index contributed by atoms with van der Waals surface area (Å²) in [6, 6.07) is 8.99. The van der Waals surface area contributed by atoms with Crippen LogP contribution in [-0.4, -0.2) is 25.2 Å². The number of para-hydroxylation sites is 1. The van der Waals surface area contributed by atoms with Crippen molar-refractivity contribution >= 4 is 40.9 Å². The monoisotopic (exact) mass is 370 g/mol. The van der Waals surface area contributed by atoms with Gasteiger partial charge in [0.15, 0.2) is 0 Å². The van der Waals surface area contributed by atoms with E-state index < -0.39 is 6.09 Å². The minimum absolute atomic E-state index is 0.0183. The smallest absolute Gasteiger partial charge is 0.411 e. The molecule has 1 saturated carbocycles. The highest BCUT2D eigenvalue weighted by Gasteiger charge is 2.60. The molecule has 0 spiro atoms. The maximum atomic E-state index is 12.2. The van der Waals surface area contributed by atoms with E-state index >= 15 is 0 Å². The summed E-state index contributed by atoms with van der Waals surface area (Å²) >= 11 is 11.3. The average molecular weight is 371 g/mol. The number of ether oxygens (including phenoxy) is 1. The van der Waals surface area contributed by atoms with Gasteiger partial charge in [0.1, 0.15) is 11.1 Å². The third kappa shape index (κ3) is 4.89. The standard InChI is InChI=1S/C17H20Cl2N2O3/c1-17(2)12(10-13(18)19)14(17)15(22)20-8-9-24-16(23)21-11-6-4-3-5-7-11/h3-7,10,12,14H,8-9H2,1-2H3,(H,20,22)(H,21,23). The number of carbonyl (C=O) groups is 2. The van der Waals surface area contributed by atoms with Crippen molar-refractivity contribution in [3.8, 4) is 0 Å². The Morgan fingerprint density at radius 3 is 2.54 bits per heavy atom. The lowest BCUT2D eigenvalue weighted by Gasteiger charge is -2.08. The number of carbonyl (C=O) groups excluding carboxylic acids is 2. The summed E-state index contributed by atoms with van der Waals surface area (Å²) in [6.07, 6.45) is 1.13. The van der Waals surface area contributed by atoms with Crippen LogP contribution >= 0.6 is 23.2 Å². The quantitative estimate of drug-likeness (QED) is 0.745. The molecule has 5 nitrogen and oxygen atoms in total. The fourth-order valence-corrected chi connectivity index (χ4v) is 3.00. The number of rotatable bonds is 6. The van der Waals surface area contributed by atoms with Crippen molar-refractivity contribution in [1.29, 1.82) is 0 Å². The Bertz CT molecular complexity index is 628. The molecule has 24 heavy (non-hydrogen) atoms. The van der Waals surface area contributed by atoms with E-state index in [9.17, 15) is 9.59 Å². The molecule has 1 fully saturated rings. The van der Waals surface area contributed by atoms with Crippen LogP contribution in [-0.2, 0) is 9.53 Å². The largest absolute Gasteiger partial charge is 0.447 e. The molecular formula is C17H20Cl2N2O3. The van der Waals surface area contributed by atoms with Gasteiger partial charge in [-0.05, 0) is 29.5 Å². The summed E-state index contributed by atoms with van der Waals surface area (Å²) in [5.74, 6) is -0.254. The molecule has 0 saturated heterocycles. The maximum Gasteiger partial charge on any atom is 0.411 e. The van der Waals surface area contributed by atoms with Gasteiger partial charge in [-0.15, -0.1) is 0 Å². The SMILES string of the molecule is CC1(C)C(C=C(Cl)Cl)C1C(=O)NCCOC(=O)Nc1ccccc1. The Morgan fingerprint density at radius 1 is 1.25 bits per heavy atom. The zero-order chi connectivity index (χ0) is 17.7. The minimum atomic E-state index is -0.558. The van der Waals surface area contributed by atoms with Gasteiger partial charge in [0.2, 0.25) is 5.91 Å². The van der Waals surface area contributed by atoms with Gasteiger partial charge >= 0.3 is 6.09 Å². The third-order valence-corrected chi connectivity index (χ3v) is 4.41. The highest BCUT2D eigenvalue weighted by atomic mass is 35.5. The van der Waals surface area contributed by atoms with Crippen molar-refractivity contribution in [3.05, 3.63) is 40.9 Å². The van der Waals surface area contributed by atoms with Gasteiger partial charge in [-0.25, -0.2) is 4.79 Å². The Hall–Kier alpha value is -1.72. The first-order chi connectivity index (χ1) is 11.3. The second kappa shape index (κ2) is 7.90. The number of nitrogens with one attached hydrogen (secondary N) is 2. The molecule has 2 amide bonds. The topological polar surface area (TPSA) is 67.4 Å². The van der Waals surface area contributed by atoms with Crippen molar-refractivity contribution in [2.24, 2.45) is 17.3 Å². The number of anilines is 1. The van der Waals surface area contributed by atoms with E-state index in [1.807, 2.05) is 32.0 Å². The van der Waals surface area contributed by atoms with Gasteiger partial charge in [0.05, 0.1) is 12.5 Å². The summed E-state index contributed by atoms with van der Waals surface area (Å²) in [6.45, 7) is 4.31. The highest BCUT2D eigenvalue weighted by molar-refractivity contribution is 6.55. The molecule has 0 heterocycles. The van der Waals surface area contributed by atoms with Gasteiger partial charge < -0.3 is 10.1 Å². The maximum absolute atomic E-state index is 12.2. The van der Waals surface area contributed by atoms with Gasteiger partial charge in [-0.2, -0.15) is 0 Å². The van der Waals surface area contributed by atoms with Crippen molar-refractivity contribution in [3.63, 3.8) is 0 Å². The van der Waals surface area contributed by atoms with Crippen LogP contribution in [0, 0.1) is 17.3 Å². The molecule has 0 aromatic heterocycles. The van der Waals surface area contributed by atoms with E-state index in [0.717, 1.165) is 0 Å². The molecule has 1 aliphatic carbocycles. The number of halogens is 2. The zero-order valence-corrected chi connectivity index (χ0v) is 15.0. The van der Waals surface area contributed by atoms with Crippen LogP contribution in [0.25, 0.3) is 0 Å². The van der Waals surface area contributed by atoms with E-state index in [1.54, 1.807) is 18.2 Å². The molecular weight excluding hydrogens is 351 g/mol. The molecule has 2 atom stereocenters. The van der Waals surface area contributed by atoms with Crippen LogP contribution in [0.5, 0.6) is 0 Å². The number of amides is 2. The first-order valence-electron chi connectivity index (χ1n) is 7.61. The van der Waals surface area contributed by atoms with E-state index in [2.05, 4.69) is 10.6 Å². The third-order valence-electron chi connectivity index (χ3n) is 4.15. The van der Waals surface area contributed by atoms with Crippen molar-refractivity contribution in [1.82, 2.24) is 5.32 Å². The lowest BCUT2D eigenvalue weighted by molar-refractivity contribution is -0.123. The summed E-state index contributed by atoms with van der Waals surface area (Å²) in [5, 5.41) is 5.36. The van der Waals surface area contributed by atoms with E-state index in [0.29, 0.717) is 5.69 Å². The Morgan fingerprint density at radius 2 is 1.92 bits per heavy atom. The van der Waals surface area contributed by atoms with E-state index in [4.69, 9.17) is 27.9 Å². The predicted octanol–water partition coefficient (Wildman–Crippen LogP) is 3.94. The Kier molecular flexibility index (Phi) is 6.13. The summed E-state index contributed by atoms with van der Waals surface area (Å²) in [4.78, 5) is 23.8. The molecule has 0 aliphatic heterocycles. The number of benzene rings is 1. The van der Waals surface area contributed by atoms with Crippen LogP contribution in [0.4, 0.5) is 10.5 Å². The van der Waals surface area contributed by atoms with E-state index in [-0.39, 0.29) is 40.8 Å². The molecule has 1 aliphatic rings. The zero-order valence-electron chi connectivity index (χ0n) is 13.5. The van der Waals surface area contributed by atoms with Gasteiger partial charge in [0, 0.05) is 5.69 Å². The highest BCUT2D eigenvalue weighted by Crippen LogP contribution is 2.59. The molecule has 2 rings (SSSR count). The van der Waals surface area contributed by atoms with Crippen LogP contribution < -0.4 is 10.6 Å². The van der Waals surface area contributed by atoms with Crippen molar-refractivity contribution in [2.75, 3.05) is 18.5 Å². The predicted molar refractivity (Wildman–Crippen MR) is 95.0 cm³/mol. The second-order valence-electron chi connectivity index (χ2n) is 6.20. The van der Waals surface area contributed by atoms with Crippen LogP contribution in [0.2, 0.25) is 0 Å². The van der Waals surface area contributed by atoms with Crippen LogP contribution in [0.15, 0.2) is 40.9 Å². The van der Waals surface area contributed by atoms with Gasteiger partial charge in [-0.1, -0.05) is 55.2 Å². The first-order valence-corrected chi connectivity index (χ1v) is 8.37. The van der Waals surface area contributed by atoms with Crippen LogP contribution in [0.1, 0.15) is 13.8 Å². The van der Waals surface area contributed by atoms with Gasteiger partial charge in [-0.3, -0.25) is 10.1 Å². The second-order valence-corrected chi connectivity index (χ2v) is 7.21. The molecule has 0 radical (unpaired) electrons. The fourth-order valence-electron chi connectivity index (χ4n) is 2.73. The van der Waals surface area contributed by atoms with Crippen molar-refractivity contribution < 1.29 is 14.3 Å². The molecule has 2 unspecified atom stereocenters. The normalized spacial score (nSPS) is 20.7. The first kappa shape index (κ1) is 18.6. The number of hydrogen-bond acceptors (Lipinski definition) is 3. The molecule has 1 aromatic rings. The van der Waals surface area contributed by atoms with Gasteiger partial charge in [0.25, 0.3) is 0 Å². The Labute approximate surface area is 151 Å². The van der Waals surface area contributed by atoms with Crippen LogP contribution in [0.3, 0.4) is 0 Å². The minimum Gasteiger partial charge on any atom is -0.447 e. The van der Waals surface area contributed by atoms with Crippen molar-refractivity contribution in [2.45, 2.75) is 13.8 Å². The summed E-state index contributed by atoms with van der Waals surface area (Å²) < 4.78 is 5.19. The lowest BCUT2D eigenvalue weighted by Crippen LogP contribution is -2.31. The molecule has 0 bridgehead atoms.